The third-order valence-corrected chi connectivity index (χ3v) is 6.32. The first kappa shape index (κ1) is 19.9. The van der Waals surface area contributed by atoms with Crippen molar-refractivity contribution in [1.29, 1.82) is 0 Å². The Labute approximate surface area is 169 Å². The van der Waals surface area contributed by atoms with Crippen molar-refractivity contribution < 1.29 is 13.6 Å². The van der Waals surface area contributed by atoms with Crippen LogP contribution < -0.4 is 0 Å². The molecule has 2 aliphatic heterocycles. The largest absolute Gasteiger partial charge is 0.342 e. The number of carbonyl (C=O) groups is 1. The van der Waals surface area contributed by atoms with Crippen molar-refractivity contribution in [2.75, 3.05) is 26.2 Å². The summed E-state index contributed by atoms with van der Waals surface area (Å²) in [5.41, 5.74) is 0.425. The number of hydrogen-bond acceptors (Lipinski definition) is 4. The molecule has 2 saturated heterocycles. The fourth-order valence-electron chi connectivity index (χ4n) is 4.61. The second kappa shape index (κ2) is 8.98. The molecule has 6 nitrogen and oxygen atoms in total. The predicted molar refractivity (Wildman–Crippen MR) is 104 cm³/mol. The average Bonchev–Trinajstić information content (AvgIpc) is 3.42. The Kier molecular flexibility index (Phi) is 6.18. The first-order chi connectivity index (χ1) is 14.1. The maximum atomic E-state index is 13.9. The molecule has 0 bridgehead atoms. The van der Waals surface area contributed by atoms with Gasteiger partial charge in [0.2, 0.25) is 5.91 Å². The van der Waals surface area contributed by atoms with Crippen LogP contribution >= 0.6 is 0 Å². The van der Waals surface area contributed by atoms with E-state index in [9.17, 15) is 13.6 Å². The first-order valence-electron chi connectivity index (χ1n) is 10.4. The van der Waals surface area contributed by atoms with Gasteiger partial charge in [0.15, 0.2) is 11.6 Å². The van der Waals surface area contributed by atoms with Crippen LogP contribution in [0, 0.1) is 23.5 Å². The monoisotopic (exact) mass is 403 g/mol. The summed E-state index contributed by atoms with van der Waals surface area (Å²) in [6, 6.07) is 4.38. The standard InChI is InChI=1S/C21H27F2N5O/c22-19-3-1-2-18(21(19)23)12-26-8-4-16(5-9-26)17-6-10-27(13-17)20(29)7-11-28-15-24-14-25-28/h1-3,14-17H,4-13H2/t17-/m0/s1. The summed E-state index contributed by atoms with van der Waals surface area (Å²) >= 11 is 0. The van der Waals surface area contributed by atoms with Crippen molar-refractivity contribution in [2.45, 2.75) is 38.8 Å². The molecule has 3 heterocycles. The fraction of sp³-hybridized carbons (Fsp3) is 0.571. The van der Waals surface area contributed by atoms with Gasteiger partial charge in [0.05, 0.1) is 6.54 Å². The lowest BCUT2D eigenvalue weighted by Gasteiger charge is -2.35. The molecule has 29 heavy (non-hydrogen) atoms. The van der Waals surface area contributed by atoms with E-state index in [1.807, 2.05) is 4.90 Å². The van der Waals surface area contributed by atoms with Crippen molar-refractivity contribution in [2.24, 2.45) is 11.8 Å². The van der Waals surface area contributed by atoms with Crippen LogP contribution in [-0.2, 0) is 17.9 Å². The topological polar surface area (TPSA) is 54.3 Å². The zero-order valence-electron chi connectivity index (χ0n) is 16.5. The Balaban J connectivity index is 1.22. The van der Waals surface area contributed by atoms with Crippen LogP contribution in [-0.4, -0.2) is 56.7 Å². The maximum absolute atomic E-state index is 13.9. The van der Waals surface area contributed by atoms with Gasteiger partial charge in [-0.15, -0.1) is 0 Å². The third kappa shape index (κ3) is 4.80. The van der Waals surface area contributed by atoms with Gasteiger partial charge in [0, 0.05) is 31.6 Å². The first-order valence-corrected chi connectivity index (χ1v) is 10.4. The lowest BCUT2D eigenvalue weighted by Crippen LogP contribution is -2.37. The van der Waals surface area contributed by atoms with Crippen molar-refractivity contribution in [3.05, 3.63) is 48.1 Å². The van der Waals surface area contributed by atoms with Gasteiger partial charge in [-0.25, -0.2) is 13.8 Å². The van der Waals surface area contributed by atoms with Gasteiger partial charge in [0.1, 0.15) is 12.7 Å². The summed E-state index contributed by atoms with van der Waals surface area (Å²) in [6.45, 7) is 4.45. The Morgan fingerprint density at radius 1 is 1.10 bits per heavy atom. The van der Waals surface area contributed by atoms with Crippen LogP contribution in [0.15, 0.2) is 30.9 Å². The minimum absolute atomic E-state index is 0.182. The highest BCUT2D eigenvalue weighted by molar-refractivity contribution is 5.76. The summed E-state index contributed by atoms with van der Waals surface area (Å²) in [5.74, 6) is -0.195. The maximum Gasteiger partial charge on any atom is 0.224 e. The predicted octanol–water partition coefficient (Wildman–Crippen LogP) is 2.71. The molecule has 8 heteroatoms. The molecule has 0 unspecified atom stereocenters. The quantitative estimate of drug-likeness (QED) is 0.744. The molecular formula is C21H27F2N5O. The van der Waals surface area contributed by atoms with E-state index in [4.69, 9.17) is 0 Å². The summed E-state index contributed by atoms with van der Waals surface area (Å²) in [5, 5.41) is 4.04. The van der Waals surface area contributed by atoms with Crippen molar-refractivity contribution in [1.82, 2.24) is 24.6 Å². The molecule has 4 rings (SSSR count). The number of aryl methyl sites for hydroxylation is 1. The SMILES string of the molecule is O=C(CCn1cncn1)N1CC[C@H](C2CCN(Cc3cccc(F)c3F)CC2)C1. The molecule has 1 atom stereocenters. The van der Waals surface area contributed by atoms with Gasteiger partial charge >= 0.3 is 0 Å². The summed E-state index contributed by atoms with van der Waals surface area (Å²) < 4.78 is 29.0. The van der Waals surface area contributed by atoms with Gasteiger partial charge < -0.3 is 4.90 Å². The fourth-order valence-corrected chi connectivity index (χ4v) is 4.61. The van der Waals surface area contributed by atoms with E-state index in [0.717, 1.165) is 51.5 Å². The highest BCUT2D eigenvalue weighted by atomic mass is 19.2. The molecule has 156 valence electrons. The number of aromatic nitrogens is 3. The minimum Gasteiger partial charge on any atom is -0.342 e. The van der Waals surface area contributed by atoms with Gasteiger partial charge in [-0.1, -0.05) is 12.1 Å². The van der Waals surface area contributed by atoms with E-state index >= 15 is 0 Å². The minimum atomic E-state index is -0.781. The van der Waals surface area contributed by atoms with Crippen LogP contribution in [0.3, 0.4) is 0 Å². The van der Waals surface area contributed by atoms with Crippen LogP contribution in [0.5, 0.6) is 0 Å². The number of benzene rings is 1. The lowest BCUT2D eigenvalue weighted by molar-refractivity contribution is -0.130. The Bertz CT molecular complexity index is 820. The number of rotatable bonds is 6. The number of hydrogen-bond donors (Lipinski definition) is 0. The smallest absolute Gasteiger partial charge is 0.224 e. The second-order valence-electron chi connectivity index (χ2n) is 8.12. The Morgan fingerprint density at radius 2 is 1.90 bits per heavy atom. The molecule has 2 fully saturated rings. The molecule has 0 N–H and O–H groups in total. The molecule has 0 radical (unpaired) electrons. The van der Waals surface area contributed by atoms with Crippen molar-refractivity contribution >= 4 is 5.91 Å². The number of likely N-dealkylation sites (tertiary alicyclic amines) is 2. The van der Waals surface area contributed by atoms with Gasteiger partial charge in [-0.3, -0.25) is 14.4 Å². The molecule has 1 aromatic heterocycles. The highest BCUT2D eigenvalue weighted by Crippen LogP contribution is 2.32. The number of nitrogens with zero attached hydrogens (tertiary/aromatic N) is 5. The van der Waals surface area contributed by atoms with Crippen molar-refractivity contribution in [3.8, 4) is 0 Å². The number of piperidine rings is 1. The van der Waals surface area contributed by atoms with Gasteiger partial charge in [-0.05, 0) is 50.3 Å². The van der Waals surface area contributed by atoms with Crippen LogP contribution in [0.25, 0.3) is 0 Å². The zero-order chi connectivity index (χ0) is 20.2. The van der Waals surface area contributed by atoms with E-state index in [1.54, 1.807) is 23.1 Å². The third-order valence-electron chi connectivity index (χ3n) is 6.32. The lowest BCUT2D eigenvalue weighted by atomic mass is 9.83. The summed E-state index contributed by atoms with van der Waals surface area (Å²) in [6.07, 6.45) is 6.70. The van der Waals surface area contributed by atoms with Crippen LogP contribution in [0.1, 0.15) is 31.2 Å². The highest BCUT2D eigenvalue weighted by Gasteiger charge is 2.33. The molecule has 2 aromatic rings. The molecule has 1 amide bonds. The van der Waals surface area contributed by atoms with Crippen LogP contribution in [0.2, 0.25) is 0 Å². The summed E-state index contributed by atoms with van der Waals surface area (Å²) in [4.78, 5) is 20.6. The normalized spacial score (nSPS) is 21.0. The van der Waals surface area contributed by atoms with E-state index < -0.39 is 11.6 Å². The molecular weight excluding hydrogens is 376 g/mol. The molecule has 1 aromatic carbocycles. The van der Waals surface area contributed by atoms with E-state index in [0.29, 0.717) is 36.9 Å². The van der Waals surface area contributed by atoms with Crippen LogP contribution in [0.4, 0.5) is 8.78 Å². The van der Waals surface area contributed by atoms with E-state index in [2.05, 4.69) is 15.0 Å². The number of carbonyl (C=O) groups excluding carboxylic acids is 1. The van der Waals surface area contributed by atoms with E-state index in [1.165, 1.54) is 6.33 Å². The average molecular weight is 403 g/mol. The summed E-state index contributed by atoms with van der Waals surface area (Å²) in [7, 11) is 0. The molecule has 2 aliphatic rings. The number of amides is 1. The number of halogens is 2. The van der Waals surface area contributed by atoms with E-state index in [-0.39, 0.29) is 5.91 Å². The van der Waals surface area contributed by atoms with Gasteiger partial charge in [-0.2, -0.15) is 5.10 Å². The Hall–Kier alpha value is -2.35. The molecule has 0 spiro atoms. The zero-order valence-corrected chi connectivity index (χ0v) is 16.5. The Morgan fingerprint density at radius 3 is 2.66 bits per heavy atom. The van der Waals surface area contributed by atoms with Crippen molar-refractivity contribution in [3.63, 3.8) is 0 Å². The second-order valence-corrected chi connectivity index (χ2v) is 8.12. The molecule has 0 saturated carbocycles. The molecule has 0 aliphatic carbocycles. The van der Waals surface area contributed by atoms with Gasteiger partial charge in [0.25, 0.3) is 0 Å².